The van der Waals surface area contributed by atoms with Gasteiger partial charge in [-0.2, -0.15) is 0 Å². The lowest BCUT2D eigenvalue weighted by Gasteiger charge is -2.36. The van der Waals surface area contributed by atoms with Crippen molar-refractivity contribution in [2.24, 2.45) is 0 Å². The molecule has 1 atom stereocenters. The zero-order valence-corrected chi connectivity index (χ0v) is 11.6. The average molecular weight is 270 g/mol. The number of benzene rings is 2. The molecule has 2 nitrogen and oxygen atoms in total. The Kier molecular flexibility index (Phi) is 3.70. The molecule has 1 N–H and O–H groups in total. The molecule has 1 saturated heterocycles. The van der Waals surface area contributed by atoms with E-state index in [9.17, 15) is 4.39 Å². The van der Waals surface area contributed by atoms with Crippen LogP contribution in [0.4, 0.5) is 10.1 Å². The van der Waals surface area contributed by atoms with Gasteiger partial charge in [-0.05, 0) is 24.6 Å². The lowest BCUT2D eigenvalue weighted by Crippen LogP contribution is -2.46. The summed E-state index contributed by atoms with van der Waals surface area (Å²) in [4.78, 5) is 2.27. The molecule has 3 rings (SSSR count). The number of piperazine rings is 1. The zero-order valence-electron chi connectivity index (χ0n) is 11.6. The minimum Gasteiger partial charge on any atom is -0.368 e. The van der Waals surface area contributed by atoms with Crippen LogP contribution in [0.25, 0.3) is 0 Å². The second-order valence-electron chi connectivity index (χ2n) is 5.25. The van der Waals surface area contributed by atoms with E-state index in [1.807, 2.05) is 19.1 Å². The molecule has 0 spiro atoms. The van der Waals surface area contributed by atoms with Gasteiger partial charge in [0.25, 0.3) is 0 Å². The van der Waals surface area contributed by atoms with Gasteiger partial charge in [0.2, 0.25) is 0 Å². The van der Waals surface area contributed by atoms with Gasteiger partial charge < -0.3 is 10.2 Å². The molecule has 3 heteroatoms. The standard InChI is InChI=1S/C17H19FN2/c1-13-15(18)8-5-9-17(13)20-11-10-19-16(12-20)14-6-3-2-4-7-14/h2-9,16,19H,10-12H2,1H3. The number of halogens is 1. The van der Waals surface area contributed by atoms with Gasteiger partial charge in [-0.15, -0.1) is 0 Å². The molecule has 1 heterocycles. The molecular formula is C17H19FN2. The van der Waals surface area contributed by atoms with Gasteiger partial charge in [-0.1, -0.05) is 36.4 Å². The van der Waals surface area contributed by atoms with Crippen LogP contribution in [0.1, 0.15) is 17.2 Å². The average Bonchev–Trinajstić information content (AvgIpc) is 2.51. The Hall–Kier alpha value is -1.87. The van der Waals surface area contributed by atoms with Crippen LogP contribution in [-0.2, 0) is 0 Å². The maximum Gasteiger partial charge on any atom is 0.128 e. The Labute approximate surface area is 119 Å². The normalized spacial score (nSPS) is 19.1. The van der Waals surface area contributed by atoms with E-state index < -0.39 is 0 Å². The van der Waals surface area contributed by atoms with Crippen molar-refractivity contribution in [2.45, 2.75) is 13.0 Å². The van der Waals surface area contributed by atoms with Crippen molar-refractivity contribution in [1.29, 1.82) is 0 Å². The summed E-state index contributed by atoms with van der Waals surface area (Å²) in [6.07, 6.45) is 0. The van der Waals surface area contributed by atoms with Crippen LogP contribution in [0, 0.1) is 12.7 Å². The van der Waals surface area contributed by atoms with Gasteiger partial charge in [-0.25, -0.2) is 4.39 Å². The molecule has 1 fully saturated rings. The molecule has 0 saturated carbocycles. The van der Waals surface area contributed by atoms with Crippen molar-refractivity contribution >= 4 is 5.69 Å². The molecule has 20 heavy (non-hydrogen) atoms. The van der Waals surface area contributed by atoms with Gasteiger partial charge in [0.05, 0.1) is 0 Å². The SMILES string of the molecule is Cc1c(F)cccc1N1CCNC(c2ccccc2)C1. The first-order chi connectivity index (χ1) is 9.75. The maximum absolute atomic E-state index is 13.7. The minimum atomic E-state index is -0.128. The maximum atomic E-state index is 13.7. The molecule has 0 aromatic heterocycles. The monoisotopic (exact) mass is 270 g/mol. The Bertz CT molecular complexity index is 583. The third-order valence-corrected chi connectivity index (χ3v) is 3.96. The summed E-state index contributed by atoms with van der Waals surface area (Å²) in [5, 5.41) is 3.53. The van der Waals surface area contributed by atoms with E-state index in [1.54, 1.807) is 6.07 Å². The van der Waals surface area contributed by atoms with Gasteiger partial charge in [0.1, 0.15) is 5.82 Å². The highest BCUT2D eigenvalue weighted by Gasteiger charge is 2.22. The summed E-state index contributed by atoms with van der Waals surface area (Å²) in [6.45, 7) is 4.54. The molecule has 0 radical (unpaired) electrons. The fourth-order valence-electron chi connectivity index (χ4n) is 2.82. The topological polar surface area (TPSA) is 15.3 Å². The third kappa shape index (κ3) is 2.54. The molecule has 104 valence electrons. The lowest BCUT2D eigenvalue weighted by molar-refractivity contribution is 0.470. The predicted octanol–water partition coefficient (Wildman–Crippen LogP) is 3.29. The number of hydrogen-bond donors (Lipinski definition) is 1. The van der Waals surface area contributed by atoms with Crippen molar-refractivity contribution in [2.75, 3.05) is 24.5 Å². The van der Waals surface area contributed by atoms with E-state index in [0.717, 1.165) is 30.9 Å². The number of rotatable bonds is 2. The summed E-state index contributed by atoms with van der Waals surface area (Å²) in [5.74, 6) is -0.128. The Balaban J connectivity index is 1.83. The predicted molar refractivity (Wildman–Crippen MR) is 80.5 cm³/mol. The Morgan fingerprint density at radius 2 is 1.90 bits per heavy atom. The highest BCUT2D eigenvalue weighted by Crippen LogP contribution is 2.26. The largest absolute Gasteiger partial charge is 0.368 e. The first-order valence-electron chi connectivity index (χ1n) is 7.04. The fourth-order valence-corrected chi connectivity index (χ4v) is 2.82. The van der Waals surface area contributed by atoms with Crippen molar-refractivity contribution in [3.63, 3.8) is 0 Å². The van der Waals surface area contributed by atoms with Crippen LogP contribution in [0.15, 0.2) is 48.5 Å². The minimum absolute atomic E-state index is 0.128. The van der Waals surface area contributed by atoms with E-state index >= 15 is 0 Å². The molecule has 2 aromatic carbocycles. The number of nitrogens with zero attached hydrogens (tertiary/aromatic N) is 1. The highest BCUT2D eigenvalue weighted by molar-refractivity contribution is 5.54. The summed E-state index contributed by atoms with van der Waals surface area (Å²) in [6, 6.07) is 16.0. The van der Waals surface area contributed by atoms with Crippen molar-refractivity contribution in [1.82, 2.24) is 5.32 Å². The van der Waals surface area contributed by atoms with Crippen LogP contribution in [0.2, 0.25) is 0 Å². The van der Waals surface area contributed by atoms with Crippen LogP contribution in [-0.4, -0.2) is 19.6 Å². The highest BCUT2D eigenvalue weighted by atomic mass is 19.1. The molecule has 2 aromatic rings. The van der Waals surface area contributed by atoms with E-state index in [0.29, 0.717) is 6.04 Å². The van der Waals surface area contributed by atoms with Gasteiger partial charge in [0.15, 0.2) is 0 Å². The van der Waals surface area contributed by atoms with Gasteiger partial charge in [-0.3, -0.25) is 0 Å². The Morgan fingerprint density at radius 1 is 1.10 bits per heavy atom. The second kappa shape index (κ2) is 5.63. The van der Waals surface area contributed by atoms with E-state index in [-0.39, 0.29) is 5.82 Å². The van der Waals surface area contributed by atoms with E-state index in [2.05, 4.69) is 34.5 Å². The van der Waals surface area contributed by atoms with Crippen molar-refractivity contribution in [3.8, 4) is 0 Å². The third-order valence-electron chi connectivity index (χ3n) is 3.96. The van der Waals surface area contributed by atoms with E-state index in [4.69, 9.17) is 0 Å². The number of hydrogen-bond acceptors (Lipinski definition) is 2. The summed E-state index contributed by atoms with van der Waals surface area (Å²) < 4.78 is 13.7. The summed E-state index contributed by atoms with van der Waals surface area (Å²) in [7, 11) is 0. The lowest BCUT2D eigenvalue weighted by atomic mass is 10.0. The quantitative estimate of drug-likeness (QED) is 0.901. The smallest absolute Gasteiger partial charge is 0.128 e. The molecule has 1 aliphatic heterocycles. The molecule has 1 aliphatic rings. The van der Waals surface area contributed by atoms with Crippen molar-refractivity contribution in [3.05, 3.63) is 65.5 Å². The van der Waals surface area contributed by atoms with Crippen molar-refractivity contribution < 1.29 is 4.39 Å². The molecule has 1 unspecified atom stereocenters. The van der Waals surface area contributed by atoms with Crippen LogP contribution < -0.4 is 10.2 Å². The number of nitrogens with one attached hydrogen (secondary N) is 1. The van der Waals surface area contributed by atoms with Crippen LogP contribution in [0.3, 0.4) is 0 Å². The van der Waals surface area contributed by atoms with Crippen LogP contribution in [0.5, 0.6) is 0 Å². The van der Waals surface area contributed by atoms with Gasteiger partial charge >= 0.3 is 0 Å². The van der Waals surface area contributed by atoms with E-state index in [1.165, 1.54) is 11.6 Å². The molecule has 0 aliphatic carbocycles. The molecular weight excluding hydrogens is 251 g/mol. The second-order valence-corrected chi connectivity index (χ2v) is 5.25. The Morgan fingerprint density at radius 3 is 2.70 bits per heavy atom. The molecule has 0 amide bonds. The molecule has 0 bridgehead atoms. The number of anilines is 1. The zero-order chi connectivity index (χ0) is 13.9. The summed E-state index contributed by atoms with van der Waals surface area (Å²) >= 11 is 0. The summed E-state index contributed by atoms with van der Waals surface area (Å²) in [5.41, 5.74) is 3.03. The fraction of sp³-hybridized carbons (Fsp3) is 0.294. The van der Waals surface area contributed by atoms with Gasteiger partial charge in [0, 0.05) is 36.9 Å². The first kappa shape index (κ1) is 13.1. The van der Waals surface area contributed by atoms with Crippen LogP contribution >= 0.6 is 0 Å². The first-order valence-corrected chi connectivity index (χ1v) is 7.04.